The molecule has 1 rings (SSSR count). The van der Waals surface area contributed by atoms with Gasteiger partial charge in [0.1, 0.15) is 0 Å². The normalized spacial score (nSPS) is 12.1. The zero-order valence-electron chi connectivity index (χ0n) is 8.55. The molecule has 0 fully saturated rings. The van der Waals surface area contributed by atoms with Crippen LogP contribution in [-0.2, 0) is 0 Å². The Kier molecular flexibility index (Phi) is 4.16. The van der Waals surface area contributed by atoms with Crippen molar-refractivity contribution in [1.29, 1.82) is 5.26 Å². The smallest absolute Gasteiger partial charge is 0.0992 e. The van der Waals surface area contributed by atoms with Crippen LogP contribution in [0.15, 0.2) is 22.7 Å². The average molecular weight is 252 g/mol. The lowest BCUT2D eigenvalue weighted by Crippen LogP contribution is -1.94. The summed E-state index contributed by atoms with van der Waals surface area (Å²) in [4.78, 5) is 0. The van der Waals surface area contributed by atoms with E-state index in [0.717, 1.165) is 4.47 Å². The van der Waals surface area contributed by atoms with Crippen molar-refractivity contribution < 1.29 is 0 Å². The van der Waals surface area contributed by atoms with Crippen LogP contribution in [-0.4, -0.2) is 0 Å². The van der Waals surface area contributed by atoms with Crippen molar-refractivity contribution in [2.45, 2.75) is 32.6 Å². The van der Waals surface area contributed by atoms with Gasteiger partial charge in [0.2, 0.25) is 0 Å². The fraction of sp³-hybridized carbons (Fsp3) is 0.417. The predicted molar refractivity (Wildman–Crippen MR) is 62.2 cm³/mol. The largest absolute Gasteiger partial charge is 0.192 e. The molecule has 0 N–H and O–H groups in total. The molecule has 1 unspecified atom stereocenters. The van der Waals surface area contributed by atoms with E-state index in [4.69, 9.17) is 5.26 Å². The Hall–Kier alpha value is -0.810. The lowest BCUT2D eigenvalue weighted by atomic mass is 9.96. The molecule has 1 aromatic rings. The molecule has 0 saturated heterocycles. The molecule has 1 nitrogen and oxygen atoms in total. The van der Waals surface area contributed by atoms with Gasteiger partial charge in [-0.3, -0.25) is 0 Å². The van der Waals surface area contributed by atoms with Gasteiger partial charge in [0.25, 0.3) is 0 Å². The Morgan fingerprint density at radius 3 is 2.71 bits per heavy atom. The van der Waals surface area contributed by atoms with Gasteiger partial charge in [-0.2, -0.15) is 5.26 Å². The maximum Gasteiger partial charge on any atom is 0.0992 e. The van der Waals surface area contributed by atoms with Crippen molar-refractivity contribution >= 4 is 15.9 Å². The standard InChI is InChI=1S/C12H14BrN/c1-3-4-9(2)11-6-5-10(8-14)7-12(11)13/h5-7,9H,3-4H2,1-2H3. The van der Waals surface area contributed by atoms with Gasteiger partial charge in [-0.25, -0.2) is 0 Å². The summed E-state index contributed by atoms with van der Waals surface area (Å²) in [7, 11) is 0. The molecule has 0 radical (unpaired) electrons. The molecule has 0 aliphatic carbocycles. The van der Waals surface area contributed by atoms with Gasteiger partial charge in [0.15, 0.2) is 0 Å². The van der Waals surface area contributed by atoms with Gasteiger partial charge in [0, 0.05) is 4.47 Å². The van der Waals surface area contributed by atoms with Gasteiger partial charge >= 0.3 is 0 Å². The molecule has 0 aromatic heterocycles. The Morgan fingerprint density at radius 1 is 1.50 bits per heavy atom. The molecule has 74 valence electrons. The molecule has 0 amide bonds. The number of nitriles is 1. The number of halogens is 1. The Morgan fingerprint density at radius 2 is 2.21 bits per heavy atom. The second-order valence-electron chi connectivity index (χ2n) is 3.54. The molecule has 0 aliphatic heterocycles. The third-order valence-corrected chi connectivity index (χ3v) is 3.07. The molecule has 1 aromatic carbocycles. The van der Waals surface area contributed by atoms with E-state index in [1.165, 1.54) is 18.4 Å². The zero-order valence-corrected chi connectivity index (χ0v) is 10.1. The first-order valence-electron chi connectivity index (χ1n) is 4.88. The summed E-state index contributed by atoms with van der Waals surface area (Å²) < 4.78 is 1.05. The summed E-state index contributed by atoms with van der Waals surface area (Å²) in [5, 5.41) is 8.72. The lowest BCUT2D eigenvalue weighted by molar-refractivity contribution is 0.662. The second kappa shape index (κ2) is 5.17. The minimum Gasteiger partial charge on any atom is -0.192 e. The molecule has 14 heavy (non-hydrogen) atoms. The molecular weight excluding hydrogens is 238 g/mol. The maximum absolute atomic E-state index is 8.72. The van der Waals surface area contributed by atoms with Crippen LogP contribution >= 0.6 is 15.9 Å². The van der Waals surface area contributed by atoms with Crippen LogP contribution in [0.1, 0.15) is 43.7 Å². The summed E-state index contributed by atoms with van der Waals surface area (Å²) >= 11 is 3.51. The van der Waals surface area contributed by atoms with Gasteiger partial charge < -0.3 is 0 Å². The fourth-order valence-corrected chi connectivity index (χ4v) is 2.35. The first-order valence-corrected chi connectivity index (χ1v) is 5.68. The number of hydrogen-bond acceptors (Lipinski definition) is 1. The van der Waals surface area contributed by atoms with Crippen LogP contribution in [0.2, 0.25) is 0 Å². The van der Waals surface area contributed by atoms with Crippen LogP contribution in [0.25, 0.3) is 0 Å². The van der Waals surface area contributed by atoms with Gasteiger partial charge in [0.05, 0.1) is 11.6 Å². The van der Waals surface area contributed by atoms with Gasteiger partial charge in [-0.1, -0.05) is 42.3 Å². The third-order valence-electron chi connectivity index (χ3n) is 2.38. The Balaban J connectivity index is 2.95. The van der Waals surface area contributed by atoms with Gasteiger partial charge in [-0.05, 0) is 30.0 Å². The predicted octanol–water partition coefficient (Wildman–Crippen LogP) is 4.22. The highest BCUT2D eigenvalue weighted by atomic mass is 79.9. The molecule has 0 aliphatic rings. The van der Waals surface area contributed by atoms with Crippen LogP contribution in [0.5, 0.6) is 0 Å². The Bertz CT molecular complexity index is 352. The van der Waals surface area contributed by atoms with E-state index in [0.29, 0.717) is 11.5 Å². The SMILES string of the molecule is CCCC(C)c1ccc(C#N)cc1Br. The van der Waals surface area contributed by atoms with Crippen molar-refractivity contribution in [3.05, 3.63) is 33.8 Å². The molecule has 2 heteroatoms. The van der Waals surface area contributed by atoms with Crippen molar-refractivity contribution in [3.63, 3.8) is 0 Å². The van der Waals surface area contributed by atoms with Crippen LogP contribution in [0.3, 0.4) is 0 Å². The van der Waals surface area contributed by atoms with Crippen LogP contribution < -0.4 is 0 Å². The highest BCUT2D eigenvalue weighted by molar-refractivity contribution is 9.10. The highest BCUT2D eigenvalue weighted by Gasteiger charge is 2.08. The van der Waals surface area contributed by atoms with Crippen molar-refractivity contribution in [1.82, 2.24) is 0 Å². The summed E-state index contributed by atoms with van der Waals surface area (Å²) in [6.45, 7) is 4.41. The maximum atomic E-state index is 8.72. The van der Waals surface area contributed by atoms with E-state index in [1.54, 1.807) is 0 Å². The van der Waals surface area contributed by atoms with E-state index in [9.17, 15) is 0 Å². The monoisotopic (exact) mass is 251 g/mol. The van der Waals surface area contributed by atoms with Crippen molar-refractivity contribution in [2.75, 3.05) is 0 Å². The second-order valence-corrected chi connectivity index (χ2v) is 4.39. The minimum atomic E-state index is 0.558. The fourth-order valence-electron chi connectivity index (χ4n) is 1.58. The molecule has 0 heterocycles. The van der Waals surface area contributed by atoms with Crippen molar-refractivity contribution in [3.8, 4) is 6.07 Å². The Labute approximate surface area is 93.9 Å². The number of nitrogens with zero attached hydrogens (tertiary/aromatic N) is 1. The average Bonchev–Trinajstić information content (AvgIpc) is 2.17. The van der Waals surface area contributed by atoms with E-state index < -0.39 is 0 Å². The summed E-state index contributed by atoms with van der Waals surface area (Å²) in [6.07, 6.45) is 2.37. The summed E-state index contributed by atoms with van der Waals surface area (Å²) in [5.74, 6) is 0.558. The van der Waals surface area contributed by atoms with Gasteiger partial charge in [-0.15, -0.1) is 0 Å². The summed E-state index contributed by atoms with van der Waals surface area (Å²) in [5.41, 5.74) is 2.01. The lowest BCUT2D eigenvalue weighted by Gasteiger charge is -2.12. The van der Waals surface area contributed by atoms with Crippen LogP contribution in [0.4, 0.5) is 0 Å². The van der Waals surface area contributed by atoms with Crippen molar-refractivity contribution in [2.24, 2.45) is 0 Å². The third kappa shape index (κ3) is 2.59. The summed E-state index contributed by atoms with van der Waals surface area (Å²) in [6, 6.07) is 7.95. The number of hydrogen-bond donors (Lipinski definition) is 0. The van der Waals surface area contributed by atoms with E-state index in [1.807, 2.05) is 18.2 Å². The topological polar surface area (TPSA) is 23.8 Å². The minimum absolute atomic E-state index is 0.558. The van der Waals surface area contributed by atoms with E-state index in [2.05, 4.69) is 35.8 Å². The molecule has 1 atom stereocenters. The van der Waals surface area contributed by atoms with Crippen LogP contribution in [0, 0.1) is 11.3 Å². The molecule has 0 spiro atoms. The number of rotatable bonds is 3. The van der Waals surface area contributed by atoms with E-state index >= 15 is 0 Å². The van der Waals surface area contributed by atoms with E-state index in [-0.39, 0.29) is 0 Å². The first kappa shape index (κ1) is 11.3. The molecule has 0 bridgehead atoms. The first-order chi connectivity index (χ1) is 6.69. The molecule has 0 saturated carbocycles. The highest BCUT2D eigenvalue weighted by Crippen LogP contribution is 2.28. The molecular formula is C12H14BrN. The quantitative estimate of drug-likeness (QED) is 0.789. The number of benzene rings is 1. The zero-order chi connectivity index (χ0) is 10.6.